The van der Waals surface area contributed by atoms with E-state index in [-0.39, 0.29) is 24.7 Å². The number of benzene rings is 1. The molecule has 5 heteroatoms. The van der Waals surface area contributed by atoms with E-state index >= 15 is 0 Å². The zero-order valence-electron chi connectivity index (χ0n) is 10.6. The zero-order valence-corrected chi connectivity index (χ0v) is 12.2. The Bertz CT molecular complexity index is 398. The van der Waals surface area contributed by atoms with Gasteiger partial charge in [0.1, 0.15) is 0 Å². The quantitative estimate of drug-likeness (QED) is 0.782. The number of halogens is 1. The fraction of sp³-hybridized carbons (Fsp3) is 0.462. The predicted molar refractivity (Wildman–Crippen MR) is 75.4 cm³/mol. The fourth-order valence-corrected chi connectivity index (χ4v) is 2.00. The third-order valence-electron chi connectivity index (χ3n) is 2.64. The van der Waals surface area contributed by atoms with Crippen LogP contribution in [-0.2, 0) is 0 Å². The molecule has 0 heterocycles. The summed E-state index contributed by atoms with van der Waals surface area (Å²) in [6.07, 6.45) is 0.554. The van der Waals surface area contributed by atoms with Crippen LogP contribution in [-0.4, -0.2) is 23.8 Å². The largest absolute Gasteiger partial charge is 0.396 e. The second-order valence-corrected chi connectivity index (χ2v) is 5.22. The average molecular weight is 315 g/mol. The first-order chi connectivity index (χ1) is 8.52. The van der Waals surface area contributed by atoms with Gasteiger partial charge in [-0.1, -0.05) is 28.1 Å². The molecular weight excluding hydrogens is 296 g/mol. The van der Waals surface area contributed by atoms with Gasteiger partial charge in [-0.2, -0.15) is 0 Å². The third-order valence-corrected chi connectivity index (χ3v) is 3.13. The Morgan fingerprint density at radius 2 is 2.11 bits per heavy atom. The molecule has 0 aromatic heterocycles. The number of rotatable bonds is 5. The monoisotopic (exact) mass is 314 g/mol. The van der Waals surface area contributed by atoms with Gasteiger partial charge in [0.15, 0.2) is 0 Å². The summed E-state index contributed by atoms with van der Waals surface area (Å²) in [7, 11) is 0. The molecule has 0 fully saturated rings. The van der Waals surface area contributed by atoms with Crippen LogP contribution in [0.2, 0.25) is 0 Å². The summed E-state index contributed by atoms with van der Waals surface area (Å²) in [4.78, 5) is 11.7. The van der Waals surface area contributed by atoms with Gasteiger partial charge in [-0.3, -0.25) is 0 Å². The van der Waals surface area contributed by atoms with Crippen LogP contribution in [0, 0.1) is 0 Å². The summed E-state index contributed by atoms with van der Waals surface area (Å²) in [6.45, 7) is 3.86. The summed E-state index contributed by atoms with van der Waals surface area (Å²) in [6, 6.07) is 7.50. The zero-order chi connectivity index (χ0) is 13.5. The van der Waals surface area contributed by atoms with E-state index in [0.29, 0.717) is 6.42 Å². The first kappa shape index (κ1) is 15.0. The molecule has 0 aliphatic carbocycles. The molecule has 1 aromatic rings. The van der Waals surface area contributed by atoms with Crippen molar-refractivity contribution in [2.45, 2.75) is 32.4 Å². The minimum atomic E-state index is -0.219. The molecule has 0 radical (unpaired) electrons. The van der Waals surface area contributed by atoms with Gasteiger partial charge in [-0.15, -0.1) is 0 Å². The highest BCUT2D eigenvalue weighted by molar-refractivity contribution is 9.10. The van der Waals surface area contributed by atoms with Crippen molar-refractivity contribution in [3.63, 3.8) is 0 Å². The van der Waals surface area contributed by atoms with E-state index in [1.807, 2.05) is 38.1 Å². The maximum Gasteiger partial charge on any atom is 0.315 e. The molecule has 4 nitrogen and oxygen atoms in total. The van der Waals surface area contributed by atoms with E-state index < -0.39 is 0 Å². The maximum absolute atomic E-state index is 11.7. The Hall–Kier alpha value is -1.07. The molecule has 1 rings (SSSR count). The summed E-state index contributed by atoms with van der Waals surface area (Å²) >= 11 is 3.40. The van der Waals surface area contributed by atoms with Gasteiger partial charge in [0.05, 0.1) is 6.04 Å². The molecule has 2 amide bonds. The van der Waals surface area contributed by atoms with Crippen LogP contribution in [0.1, 0.15) is 31.9 Å². The normalized spacial score (nSPS) is 13.8. The highest BCUT2D eigenvalue weighted by Gasteiger charge is 2.11. The lowest BCUT2D eigenvalue weighted by molar-refractivity contribution is 0.228. The topological polar surface area (TPSA) is 61.4 Å². The van der Waals surface area contributed by atoms with Gasteiger partial charge in [0.25, 0.3) is 0 Å². The number of nitrogens with one attached hydrogen (secondary N) is 2. The van der Waals surface area contributed by atoms with Gasteiger partial charge >= 0.3 is 6.03 Å². The molecule has 0 spiro atoms. The van der Waals surface area contributed by atoms with Crippen molar-refractivity contribution in [2.75, 3.05) is 6.61 Å². The van der Waals surface area contributed by atoms with Gasteiger partial charge in [0.2, 0.25) is 0 Å². The predicted octanol–water partition coefficient (Wildman–Crippen LogP) is 2.58. The standard InChI is InChI=1S/C13H19BrN2O2/c1-9(6-7-17)15-13(18)16-10(2)11-4-3-5-12(14)8-11/h3-5,8-10,17H,6-7H2,1-2H3,(H2,15,16,18)/t9-,10?/m1/s1. The van der Waals surface area contributed by atoms with Gasteiger partial charge in [-0.25, -0.2) is 4.79 Å². The fourth-order valence-electron chi connectivity index (χ4n) is 1.59. The van der Waals surface area contributed by atoms with Crippen molar-refractivity contribution in [2.24, 2.45) is 0 Å². The molecule has 0 saturated carbocycles. The molecule has 0 saturated heterocycles. The number of hydrogen-bond donors (Lipinski definition) is 3. The molecule has 18 heavy (non-hydrogen) atoms. The lowest BCUT2D eigenvalue weighted by Crippen LogP contribution is -2.42. The smallest absolute Gasteiger partial charge is 0.315 e. The molecule has 100 valence electrons. The van der Waals surface area contributed by atoms with Crippen molar-refractivity contribution < 1.29 is 9.90 Å². The Morgan fingerprint density at radius 1 is 1.39 bits per heavy atom. The van der Waals surface area contributed by atoms with Crippen LogP contribution in [0.25, 0.3) is 0 Å². The second kappa shape index (κ2) is 7.38. The average Bonchev–Trinajstić information content (AvgIpc) is 2.28. The van der Waals surface area contributed by atoms with E-state index in [1.54, 1.807) is 0 Å². The first-order valence-electron chi connectivity index (χ1n) is 5.96. The van der Waals surface area contributed by atoms with Crippen molar-refractivity contribution in [3.8, 4) is 0 Å². The molecule has 0 aliphatic heterocycles. The Morgan fingerprint density at radius 3 is 2.72 bits per heavy atom. The van der Waals surface area contributed by atoms with E-state index in [4.69, 9.17) is 5.11 Å². The van der Waals surface area contributed by atoms with E-state index in [1.165, 1.54) is 0 Å². The van der Waals surface area contributed by atoms with Crippen molar-refractivity contribution in [3.05, 3.63) is 34.3 Å². The van der Waals surface area contributed by atoms with Gasteiger partial charge in [0, 0.05) is 17.1 Å². The lowest BCUT2D eigenvalue weighted by Gasteiger charge is -2.18. The van der Waals surface area contributed by atoms with Crippen LogP contribution >= 0.6 is 15.9 Å². The summed E-state index contributed by atoms with van der Waals surface area (Å²) in [5.41, 5.74) is 1.04. The molecule has 0 aliphatic rings. The highest BCUT2D eigenvalue weighted by Crippen LogP contribution is 2.17. The van der Waals surface area contributed by atoms with Crippen LogP contribution in [0.5, 0.6) is 0 Å². The third kappa shape index (κ3) is 5.06. The van der Waals surface area contributed by atoms with E-state index in [0.717, 1.165) is 10.0 Å². The first-order valence-corrected chi connectivity index (χ1v) is 6.75. The number of aliphatic hydroxyl groups excluding tert-OH is 1. The van der Waals surface area contributed by atoms with Crippen LogP contribution in [0.4, 0.5) is 4.79 Å². The lowest BCUT2D eigenvalue weighted by atomic mass is 10.1. The number of carbonyl (C=O) groups is 1. The van der Waals surface area contributed by atoms with Crippen LogP contribution in [0.3, 0.4) is 0 Å². The number of aliphatic hydroxyl groups is 1. The SMILES string of the molecule is CC(NC(=O)N[C@H](C)CCO)c1cccc(Br)c1. The summed E-state index contributed by atoms with van der Waals surface area (Å²) in [5.74, 6) is 0. The minimum Gasteiger partial charge on any atom is -0.396 e. The molecule has 2 atom stereocenters. The van der Waals surface area contributed by atoms with Crippen LogP contribution < -0.4 is 10.6 Å². The van der Waals surface area contributed by atoms with Gasteiger partial charge in [-0.05, 0) is 38.0 Å². The molecule has 3 N–H and O–H groups in total. The molecule has 0 bridgehead atoms. The summed E-state index contributed by atoms with van der Waals surface area (Å²) in [5, 5.41) is 14.4. The van der Waals surface area contributed by atoms with E-state index in [9.17, 15) is 4.79 Å². The van der Waals surface area contributed by atoms with Crippen molar-refractivity contribution in [1.82, 2.24) is 10.6 Å². The van der Waals surface area contributed by atoms with E-state index in [2.05, 4.69) is 26.6 Å². The number of amides is 2. The minimum absolute atomic E-state index is 0.0373. The Balaban J connectivity index is 2.49. The van der Waals surface area contributed by atoms with Crippen LogP contribution in [0.15, 0.2) is 28.7 Å². The number of hydrogen-bond acceptors (Lipinski definition) is 2. The maximum atomic E-state index is 11.7. The number of urea groups is 1. The molecule has 1 unspecified atom stereocenters. The van der Waals surface area contributed by atoms with Crippen molar-refractivity contribution >= 4 is 22.0 Å². The van der Waals surface area contributed by atoms with Gasteiger partial charge < -0.3 is 15.7 Å². The van der Waals surface area contributed by atoms with Crippen molar-refractivity contribution in [1.29, 1.82) is 0 Å². The Kier molecular flexibility index (Phi) is 6.15. The number of carbonyl (C=O) groups excluding carboxylic acids is 1. The molecular formula is C13H19BrN2O2. The second-order valence-electron chi connectivity index (χ2n) is 4.31. The summed E-state index contributed by atoms with van der Waals surface area (Å²) < 4.78 is 0.989. The highest BCUT2D eigenvalue weighted by atomic mass is 79.9. The molecule has 1 aromatic carbocycles. The Labute approximate surface area is 116 Å².